The first-order valence-corrected chi connectivity index (χ1v) is 8.56. The van der Waals surface area contributed by atoms with E-state index in [0.29, 0.717) is 28.1 Å². The van der Waals surface area contributed by atoms with Crippen LogP contribution in [-0.4, -0.2) is 19.1 Å². The monoisotopic (exact) mass is 366 g/mol. The average Bonchev–Trinajstić information content (AvgIpc) is 2.58. The summed E-state index contributed by atoms with van der Waals surface area (Å²) in [6.07, 6.45) is 2.03. The third kappa shape index (κ3) is 5.62. The van der Waals surface area contributed by atoms with Crippen LogP contribution in [0, 0.1) is 0 Å². The van der Waals surface area contributed by atoms with Gasteiger partial charge in [-0.05, 0) is 36.8 Å². The molecule has 0 unspecified atom stereocenters. The van der Waals surface area contributed by atoms with Gasteiger partial charge in [-0.3, -0.25) is 4.79 Å². The van der Waals surface area contributed by atoms with Crippen molar-refractivity contribution >= 4 is 40.5 Å². The minimum absolute atomic E-state index is 0.112. The number of halogens is 2. The smallest absolute Gasteiger partial charge is 0.243 e. The maximum absolute atomic E-state index is 12.1. The van der Waals surface area contributed by atoms with Gasteiger partial charge < -0.3 is 15.4 Å². The number of nitrogens with one attached hydrogen (secondary N) is 2. The van der Waals surface area contributed by atoms with Crippen LogP contribution in [0.2, 0.25) is 10.0 Å². The van der Waals surface area contributed by atoms with Gasteiger partial charge in [0.25, 0.3) is 0 Å². The summed E-state index contributed by atoms with van der Waals surface area (Å²) in [6.45, 7) is 2.85. The molecule has 2 rings (SSSR count). The van der Waals surface area contributed by atoms with E-state index in [1.54, 1.807) is 18.2 Å². The number of carbonyl (C=O) groups excluding carboxylic acids is 1. The highest BCUT2D eigenvalue weighted by Crippen LogP contribution is 2.25. The van der Waals surface area contributed by atoms with Crippen molar-refractivity contribution in [2.45, 2.75) is 19.8 Å². The van der Waals surface area contributed by atoms with Gasteiger partial charge in [0.15, 0.2) is 0 Å². The molecule has 0 spiro atoms. The first kappa shape index (κ1) is 18.4. The standard InChI is InChI=1S/C18H20Cl2N2O2/c1-2-3-10-24-17-7-5-4-6-16(17)22-18(23)12-21-13-8-9-14(19)15(20)11-13/h4-9,11,21H,2-3,10,12H2,1H3,(H,22,23). The van der Waals surface area contributed by atoms with E-state index in [2.05, 4.69) is 17.6 Å². The fourth-order valence-corrected chi connectivity index (χ4v) is 2.30. The van der Waals surface area contributed by atoms with Crippen LogP contribution in [-0.2, 0) is 4.79 Å². The fourth-order valence-electron chi connectivity index (χ4n) is 2.01. The van der Waals surface area contributed by atoms with Gasteiger partial charge in [-0.2, -0.15) is 0 Å². The van der Waals surface area contributed by atoms with Crippen molar-refractivity contribution < 1.29 is 9.53 Å². The second-order valence-electron chi connectivity index (χ2n) is 5.23. The summed E-state index contributed by atoms with van der Waals surface area (Å²) in [5.74, 6) is 0.501. The van der Waals surface area contributed by atoms with Crippen molar-refractivity contribution in [1.29, 1.82) is 0 Å². The van der Waals surface area contributed by atoms with E-state index >= 15 is 0 Å². The number of carbonyl (C=O) groups is 1. The molecule has 2 N–H and O–H groups in total. The number of para-hydroxylation sites is 2. The molecule has 0 radical (unpaired) electrons. The van der Waals surface area contributed by atoms with Crippen molar-refractivity contribution in [3.05, 3.63) is 52.5 Å². The lowest BCUT2D eigenvalue weighted by Crippen LogP contribution is -2.22. The van der Waals surface area contributed by atoms with Crippen LogP contribution in [0.15, 0.2) is 42.5 Å². The zero-order valence-corrected chi connectivity index (χ0v) is 15.0. The quantitative estimate of drug-likeness (QED) is 0.629. The van der Waals surface area contributed by atoms with Gasteiger partial charge in [0.2, 0.25) is 5.91 Å². The summed E-state index contributed by atoms with van der Waals surface area (Å²) in [5, 5.41) is 6.77. The van der Waals surface area contributed by atoms with E-state index in [1.807, 2.05) is 24.3 Å². The molecule has 128 valence electrons. The number of ether oxygens (including phenoxy) is 1. The Labute approximate surface area is 152 Å². The Balaban J connectivity index is 1.91. The molecule has 1 amide bonds. The lowest BCUT2D eigenvalue weighted by atomic mass is 10.3. The highest BCUT2D eigenvalue weighted by molar-refractivity contribution is 6.42. The molecule has 0 bridgehead atoms. The molecule has 0 saturated heterocycles. The summed E-state index contributed by atoms with van der Waals surface area (Å²) in [4.78, 5) is 12.1. The predicted octanol–water partition coefficient (Wildman–Crippen LogP) is 5.22. The number of hydrogen-bond acceptors (Lipinski definition) is 3. The van der Waals surface area contributed by atoms with Gasteiger partial charge in [0.05, 0.1) is 28.9 Å². The summed E-state index contributed by atoms with van der Waals surface area (Å²) < 4.78 is 5.70. The topological polar surface area (TPSA) is 50.4 Å². The Bertz CT molecular complexity index is 692. The normalized spacial score (nSPS) is 10.3. The first-order valence-electron chi connectivity index (χ1n) is 7.80. The van der Waals surface area contributed by atoms with E-state index in [1.165, 1.54) is 0 Å². The van der Waals surface area contributed by atoms with E-state index in [9.17, 15) is 4.79 Å². The lowest BCUT2D eigenvalue weighted by Gasteiger charge is -2.13. The second-order valence-corrected chi connectivity index (χ2v) is 6.04. The summed E-state index contributed by atoms with van der Waals surface area (Å²) in [7, 11) is 0. The Morgan fingerprint density at radius 3 is 2.67 bits per heavy atom. The van der Waals surface area contributed by atoms with Gasteiger partial charge in [0.1, 0.15) is 5.75 Å². The molecule has 0 heterocycles. The number of anilines is 2. The summed E-state index contributed by atoms with van der Waals surface area (Å²) in [5.41, 5.74) is 1.39. The van der Waals surface area contributed by atoms with Crippen molar-refractivity contribution in [3.8, 4) is 5.75 Å². The van der Waals surface area contributed by atoms with Crippen LogP contribution in [0.3, 0.4) is 0 Å². The predicted molar refractivity (Wildman–Crippen MR) is 100 cm³/mol. The highest BCUT2D eigenvalue weighted by atomic mass is 35.5. The van der Waals surface area contributed by atoms with E-state index in [0.717, 1.165) is 18.5 Å². The summed E-state index contributed by atoms with van der Waals surface area (Å²) >= 11 is 11.8. The van der Waals surface area contributed by atoms with Crippen LogP contribution < -0.4 is 15.4 Å². The Hall–Kier alpha value is -1.91. The maximum atomic E-state index is 12.1. The SMILES string of the molecule is CCCCOc1ccccc1NC(=O)CNc1ccc(Cl)c(Cl)c1. The number of hydrogen-bond donors (Lipinski definition) is 2. The number of rotatable bonds is 8. The fraction of sp³-hybridized carbons (Fsp3) is 0.278. The number of amides is 1. The third-order valence-electron chi connectivity index (χ3n) is 3.29. The highest BCUT2D eigenvalue weighted by Gasteiger charge is 2.08. The minimum Gasteiger partial charge on any atom is -0.491 e. The molecule has 2 aromatic rings. The summed E-state index contributed by atoms with van der Waals surface area (Å²) in [6, 6.07) is 12.5. The van der Waals surface area contributed by atoms with E-state index in [4.69, 9.17) is 27.9 Å². The molecule has 0 aliphatic heterocycles. The molecule has 0 aliphatic carbocycles. The maximum Gasteiger partial charge on any atom is 0.243 e. The van der Waals surface area contributed by atoms with Gasteiger partial charge >= 0.3 is 0 Å². The molecule has 0 aliphatic rings. The first-order chi connectivity index (χ1) is 11.6. The van der Waals surface area contributed by atoms with Crippen molar-refractivity contribution in [1.82, 2.24) is 0 Å². The number of unbranched alkanes of at least 4 members (excludes halogenated alkanes) is 1. The van der Waals surface area contributed by atoms with Crippen LogP contribution in [0.5, 0.6) is 5.75 Å². The van der Waals surface area contributed by atoms with Crippen LogP contribution in [0.25, 0.3) is 0 Å². The molecule has 4 nitrogen and oxygen atoms in total. The van der Waals surface area contributed by atoms with Gasteiger partial charge in [-0.15, -0.1) is 0 Å². The third-order valence-corrected chi connectivity index (χ3v) is 4.03. The van der Waals surface area contributed by atoms with E-state index in [-0.39, 0.29) is 12.5 Å². The van der Waals surface area contributed by atoms with Crippen molar-refractivity contribution in [2.24, 2.45) is 0 Å². The molecule has 2 aromatic carbocycles. The van der Waals surface area contributed by atoms with Gasteiger partial charge in [-0.1, -0.05) is 48.7 Å². The molecule has 0 fully saturated rings. The van der Waals surface area contributed by atoms with Gasteiger partial charge in [-0.25, -0.2) is 0 Å². The number of benzene rings is 2. The zero-order valence-electron chi connectivity index (χ0n) is 13.4. The molecule has 0 aromatic heterocycles. The van der Waals surface area contributed by atoms with Crippen LogP contribution in [0.1, 0.15) is 19.8 Å². The lowest BCUT2D eigenvalue weighted by molar-refractivity contribution is -0.114. The average molecular weight is 367 g/mol. The van der Waals surface area contributed by atoms with Crippen molar-refractivity contribution in [2.75, 3.05) is 23.8 Å². The molecular weight excluding hydrogens is 347 g/mol. The zero-order chi connectivity index (χ0) is 17.4. The minimum atomic E-state index is -0.174. The Kier molecular flexibility index (Phi) is 7.22. The largest absolute Gasteiger partial charge is 0.491 e. The molecular formula is C18H20Cl2N2O2. The molecule has 0 saturated carbocycles. The molecule has 24 heavy (non-hydrogen) atoms. The van der Waals surface area contributed by atoms with Crippen LogP contribution >= 0.6 is 23.2 Å². The van der Waals surface area contributed by atoms with E-state index < -0.39 is 0 Å². The van der Waals surface area contributed by atoms with Gasteiger partial charge in [0, 0.05) is 5.69 Å². The molecule has 6 heteroatoms. The Morgan fingerprint density at radius 2 is 1.92 bits per heavy atom. The van der Waals surface area contributed by atoms with Crippen molar-refractivity contribution in [3.63, 3.8) is 0 Å². The second kappa shape index (κ2) is 9.40. The Morgan fingerprint density at radius 1 is 1.12 bits per heavy atom. The molecule has 0 atom stereocenters. The van der Waals surface area contributed by atoms with Crippen LogP contribution in [0.4, 0.5) is 11.4 Å².